The van der Waals surface area contributed by atoms with Crippen LogP contribution in [-0.2, 0) is 0 Å². The summed E-state index contributed by atoms with van der Waals surface area (Å²) in [5.74, 6) is 4.41. The van der Waals surface area contributed by atoms with Crippen molar-refractivity contribution in [3.63, 3.8) is 0 Å². The average molecular weight is 478 g/mol. The largest absolute Gasteiger partial charge is 0.344 e. The van der Waals surface area contributed by atoms with Gasteiger partial charge in [0.2, 0.25) is 0 Å². The molecule has 0 aromatic heterocycles. The van der Waals surface area contributed by atoms with E-state index in [0.29, 0.717) is 5.41 Å². The van der Waals surface area contributed by atoms with Gasteiger partial charge in [-0.1, -0.05) is 156 Å². The zero-order valence-corrected chi connectivity index (χ0v) is 24.5. The molecule has 0 aromatic rings. The highest BCUT2D eigenvalue weighted by Crippen LogP contribution is 2.59. The lowest BCUT2D eigenvalue weighted by Gasteiger charge is -2.25. The van der Waals surface area contributed by atoms with Crippen molar-refractivity contribution in [3.8, 4) is 0 Å². The van der Waals surface area contributed by atoms with Crippen LogP contribution in [0, 0.1) is 29.1 Å². The second-order valence-electron chi connectivity index (χ2n) is 13.1. The van der Waals surface area contributed by atoms with E-state index < -0.39 is 0 Å². The summed E-state index contributed by atoms with van der Waals surface area (Å²) in [6, 6.07) is 0. The second kappa shape index (κ2) is 19.1. The highest BCUT2D eigenvalue weighted by Gasteiger charge is 2.50. The minimum atomic E-state index is 0. The van der Waals surface area contributed by atoms with Gasteiger partial charge in [0.15, 0.2) is 0 Å². The summed E-state index contributed by atoms with van der Waals surface area (Å²) in [7, 11) is 0. The summed E-state index contributed by atoms with van der Waals surface area (Å²) in [5.41, 5.74) is 0.618. The molecule has 0 aromatic carbocycles. The van der Waals surface area contributed by atoms with E-state index in [4.69, 9.17) is 0 Å². The first-order valence-electron chi connectivity index (χ1n) is 16.1. The molecule has 0 spiro atoms. The number of rotatable bonds is 24. The third kappa shape index (κ3) is 14.5. The van der Waals surface area contributed by atoms with Gasteiger partial charge < -0.3 is 6.15 Å². The van der Waals surface area contributed by atoms with Gasteiger partial charge in [-0.15, -0.1) is 0 Å². The van der Waals surface area contributed by atoms with E-state index in [1.165, 1.54) is 128 Å². The smallest absolute Gasteiger partial charge is 0.0323 e. The standard InChI is InChI=1S/C33H64.H3N/c1-5-7-9-10-11-12-13-14-15-16-17-18-19-20-21-23-25-33(3,4)32-28-31(32)27-30-26-29(30)24-22-8-6-2;/h29-32H,5-28H2,1-4H3;1H3/t29-,30-,31+,32+;/m1./s1. The van der Waals surface area contributed by atoms with Gasteiger partial charge in [0, 0.05) is 0 Å². The Labute approximate surface area is 217 Å². The molecule has 0 bridgehead atoms. The summed E-state index contributed by atoms with van der Waals surface area (Å²) in [6.45, 7) is 9.83. The Morgan fingerprint density at radius 3 is 1.44 bits per heavy atom. The topological polar surface area (TPSA) is 35.0 Å². The van der Waals surface area contributed by atoms with Gasteiger partial charge in [-0.05, 0) is 54.8 Å². The molecule has 2 saturated carbocycles. The molecule has 0 saturated heterocycles. The monoisotopic (exact) mass is 478 g/mol. The van der Waals surface area contributed by atoms with Crippen LogP contribution < -0.4 is 6.15 Å². The van der Waals surface area contributed by atoms with Crippen LogP contribution in [-0.4, -0.2) is 0 Å². The van der Waals surface area contributed by atoms with Gasteiger partial charge in [-0.3, -0.25) is 0 Å². The van der Waals surface area contributed by atoms with Crippen molar-refractivity contribution in [2.45, 2.75) is 182 Å². The van der Waals surface area contributed by atoms with Crippen molar-refractivity contribution < 1.29 is 0 Å². The maximum atomic E-state index is 2.59. The molecule has 3 N–H and O–H groups in total. The minimum Gasteiger partial charge on any atom is -0.344 e. The quantitative estimate of drug-likeness (QED) is 0.138. The maximum Gasteiger partial charge on any atom is -0.0323 e. The molecule has 204 valence electrons. The van der Waals surface area contributed by atoms with Crippen molar-refractivity contribution in [1.29, 1.82) is 0 Å². The lowest BCUT2D eigenvalue weighted by molar-refractivity contribution is 0.252. The van der Waals surface area contributed by atoms with E-state index in [2.05, 4.69) is 27.7 Å². The van der Waals surface area contributed by atoms with Gasteiger partial charge in [0.05, 0.1) is 0 Å². The van der Waals surface area contributed by atoms with Crippen molar-refractivity contribution in [1.82, 2.24) is 6.15 Å². The van der Waals surface area contributed by atoms with E-state index in [1.54, 1.807) is 25.7 Å². The fourth-order valence-corrected chi connectivity index (χ4v) is 6.78. The third-order valence-electron chi connectivity index (χ3n) is 9.45. The van der Waals surface area contributed by atoms with E-state index in [-0.39, 0.29) is 6.15 Å². The van der Waals surface area contributed by atoms with Gasteiger partial charge in [0.1, 0.15) is 0 Å². The molecule has 0 heterocycles. The van der Waals surface area contributed by atoms with E-state index >= 15 is 0 Å². The normalized spacial score (nSPS) is 23.6. The van der Waals surface area contributed by atoms with Crippen LogP contribution in [0.15, 0.2) is 0 Å². The average Bonchev–Trinajstić information content (AvgIpc) is 3.72. The zero-order chi connectivity index (χ0) is 23.8. The molecule has 4 atom stereocenters. The minimum absolute atomic E-state index is 0. The lowest BCUT2D eigenvalue weighted by atomic mass is 9.80. The zero-order valence-electron chi connectivity index (χ0n) is 24.5. The predicted molar refractivity (Wildman–Crippen MR) is 155 cm³/mol. The summed E-state index contributed by atoms with van der Waals surface area (Å²) in [4.78, 5) is 0. The Morgan fingerprint density at radius 2 is 0.941 bits per heavy atom. The first-order chi connectivity index (χ1) is 16.1. The Morgan fingerprint density at radius 1 is 0.500 bits per heavy atom. The molecule has 0 aliphatic heterocycles. The van der Waals surface area contributed by atoms with E-state index in [0.717, 1.165) is 23.7 Å². The highest BCUT2D eigenvalue weighted by molar-refractivity contribution is 5.00. The second-order valence-corrected chi connectivity index (χ2v) is 13.1. The van der Waals surface area contributed by atoms with Crippen molar-refractivity contribution >= 4 is 0 Å². The molecule has 0 unspecified atom stereocenters. The maximum absolute atomic E-state index is 2.59. The van der Waals surface area contributed by atoms with Crippen LogP contribution in [0.1, 0.15) is 182 Å². The fraction of sp³-hybridized carbons (Fsp3) is 1.00. The highest BCUT2D eigenvalue weighted by atomic mass is 14.6. The van der Waals surface area contributed by atoms with Gasteiger partial charge in [-0.25, -0.2) is 0 Å². The molecule has 1 nitrogen and oxygen atoms in total. The number of unbranched alkanes of at least 4 members (excludes halogenated alkanes) is 17. The summed E-state index contributed by atoms with van der Waals surface area (Å²) < 4.78 is 0. The molecule has 1 heteroatoms. The third-order valence-corrected chi connectivity index (χ3v) is 9.45. The molecular formula is C33H67N. The molecular weight excluding hydrogens is 410 g/mol. The van der Waals surface area contributed by atoms with Gasteiger partial charge in [-0.2, -0.15) is 0 Å². The lowest BCUT2D eigenvalue weighted by Crippen LogP contribution is -2.15. The van der Waals surface area contributed by atoms with E-state index in [1.807, 2.05) is 0 Å². The first kappa shape index (κ1) is 32.0. The van der Waals surface area contributed by atoms with Crippen LogP contribution in [0.25, 0.3) is 0 Å². The van der Waals surface area contributed by atoms with Crippen LogP contribution in [0.5, 0.6) is 0 Å². The fourth-order valence-electron chi connectivity index (χ4n) is 6.78. The molecule has 2 rings (SSSR count). The van der Waals surface area contributed by atoms with E-state index in [9.17, 15) is 0 Å². The molecule has 2 aliphatic rings. The van der Waals surface area contributed by atoms with Gasteiger partial charge >= 0.3 is 0 Å². The molecule has 0 radical (unpaired) electrons. The summed E-state index contributed by atoms with van der Waals surface area (Å²) >= 11 is 0. The van der Waals surface area contributed by atoms with Gasteiger partial charge in [0.25, 0.3) is 0 Å². The predicted octanol–water partition coefficient (Wildman–Crippen LogP) is 12.1. The van der Waals surface area contributed by atoms with Crippen molar-refractivity contribution in [3.05, 3.63) is 0 Å². The summed E-state index contributed by atoms with van der Waals surface area (Å²) in [6.07, 6.45) is 35.7. The number of hydrogen-bond donors (Lipinski definition) is 1. The number of hydrogen-bond acceptors (Lipinski definition) is 1. The summed E-state index contributed by atoms with van der Waals surface area (Å²) in [5, 5.41) is 0. The molecule has 2 fully saturated rings. The molecule has 0 amide bonds. The Balaban J connectivity index is 0.00000578. The Hall–Kier alpha value is -0.0400. The first-order valence-corrected chi connectivity index (χ1v) is 16.1. The Bertz CT molecular complexity index is 455. The van der Waals surface area contributed by atoms with Crippen molar-refractivity contribution in [2.24, 2.45) is 29.1 Å². The van der Waals surface area contributed by atoms with Crippen LogP contribution >= 0.6 is 0 Å². The molecule has 34 heavy (non-hydrogen) atoms. The van der Waals surface area contributed by atoms with Crippen LogP contribution in [0.4, 0.5) is 0 Å². The van der Waals surface area contributed by atoms with Crippen LogP contribution in [0.2, 0.25) is 0 Å². The molecule has 2 aliphatic carbocycles. The SMILES string of the molecule is CCCCCCCCCCCCCCCCCCC(C)(C)[C@H]1C[C@@H]1C[C@H]1C[C@H]1CCCCC.N. The van der Waals surface area contributed by atoms with Crippen molar-refractivity contribution in [2.75, 3.05) is 0 Å². The van der Waals surface area contributed by atoms with Crippen LogP contribution in [0.3, 0.4) is 0 Å². The Kier molecular flexibility index (Phi) is 18.0.